The van der Waals surface area contributed by atoms with E-state index in [1.165, 1.54) is 13.1 Å². The molecule has 0 radical (unpaired) electrons. The Morgan fingerprint density at radius 2 is 2.12 bits per heavy atom. The fourth-order valence-corrected chi connectivity index (χ4v) is 2.59. The van der Waals surface area contributed by atoms with Crippen molar-refractivity contribution in [3.63, 3.8) is 0 Å². The van der Waals surface area contributed by atoms with Crippen LogP contribution < -0.4 is 10.1 Å². The van der Waals surface area contributed by atoms with E-state index in [2.05, 4.69) is 10.3 Å². The summed E-state index contributed by atoms with van der Waals surface area (Å²) in [7, 11) is 0. The van der Waals surface area contributed by atoms with E-state index in [-0.39, 0.29) is 6.61 Å². The quantitative estimate of drug-likeness (QED) is 0.848. The minimum atomic E-state index is -0.942. The number of nitrogens with zero attached hydrogens (tertiary/aromatic N) is 1. The van der Waals surface area contributed by atoms with Gasteiger partial charge in [-0.25, -0.2) is 4.98 Å². The van der Waals surface area contributed by atoms with E-state index in [9.17, 15) is 9.59 Å². The monoisotopic (exact) mass is 360 g/mol. The summed E-state index contributed by atoms with van der Waals surface area (Å²) in [6.07, 6.45) is 1.01. The first-order valence-corrected chi connectivity index (χ1v) is 8.24. The van der Waals surface area contributed by atoms with Crippen molar-refractivity contribution in [2.45, 2.75) is 19.4 Å². The molecule has 0 aliphatic carbocycles. The second-order valence-corrected chi connectivity index (χ2v) is 6.19. The largest absolute Gasteiger partial charge is 0.492 e. The summed E-state index contributed by atoms with van der Waals surface area (Å²) in [6, 6.07) is 10.7. The van der Waals surface area contributed by atoms with E-state index in [0.717, 1.165) is 11.3 Å². The molecule has 6 nitrogen and oxygen atoms in total. The summed E-state index contributed by atoms with van der Waals surface area (Å²) in [5.74, 6) is -0.223. The van der Waals surface area contributed by atoms with Crippen molar-refractivity contribution >= 4 is 29.3 Å². The second-order valence-electron chi connectivity index (χ2n) is 5.75. The van der Waals surface area contributed by atoms with Crippen LogP contribution in [0.1, 0.15) is 12.5 Å². The molecule has 2 atom stereocenters. The van der Waals surface area contributed by atoms with Gasteiger partial charge in [0, 0.05) is 6.20 Å². The van der Waals surface area contributed by atoms with E-state index in [1.807, 2.05) is 24.3 Å². The van der Waals surface area contributed by atoms with Crippen LogP contribution in [0.5, 0.6) is 5.75 Å². The fourth-order valence-electron chi connectivity index (χ4n) is 2.48. The third-order valence-corrected chi connectivity index (χ3v) is 4.08. The van der Waals surface area contributed by atoms with Gasteiger partial charge in [0.15, 0.2) is 6.10 Å². The Balaban J connectivity index is 1.55. The molecule has 2 heterocycles. The van der Waals surface area contributed by atoms with E-state index in [4.69, 9.17) is 21.1 Å². The molecule has 2 aromatic rings. The maximum Gasteiger partial charge on any atom is 0.313 e. The molecule has 130 valence electrons. The van der Waals surface area contributed by atoms with Crippen LogP contribution in [-0.2, 0) is 20.7 Å². The van der Waals surface area contributed by atoms with Gasteiger partial charge < -0.3 is 14.8 Å². The SMILES string of the molecule is CC(OC(=O)C1COc2ccccc2C1)C(=O)Nc1ccc(Cl)cn1. The average Bonchev–Trinajstić information content (AvgIpc) is 2.63. The van der Waals surface area contributed by atoms with Gasteiger partial charge in [0.05, 0.1) is 10.9 Å². The number of hydrogen-bond acceptors (Lipinski definition) is 5. The summed E-state index contributed by atoms with van der Waals surface area (Å²) in [5.41, 5.74) is 0.957. The maximum absolute atomic E-state index is 12.3. The second kappa shape index (κ2) is 7.53. The van der Waals surface area contributed by atoms with Gasteiger partial charge in [-0.1, -0.05) is 29.8 Å². The molecule has 2 unspecified atom stereocenters. The van der Waals surface area contributed by atoms with Gasteiger partial charge in [0.2, 0.25) is 0 Å². The predicted molar refractivity (Wildman–Crippen MR) is 92.6 cm³/mol. The van der Waals surface area contributed by atoms with Crippen LogP contribution in [0, 0.1) is 5.92 Å². The Kier molecular flexibility index (Phi) is 5.19. The third kappa shape index (κ3) is 4.28. The number of benzene rings is 1. The smallest absolute Gasteiger partial charge is 0.313 e. The van der Waals surface area contributed by atoms with Crippen LogP contribution in [0.4, 0.5) is 5.82 Å². The molecule has 1 aromatic carbocycles. The number of aromatic nitrogens is 1. The molecule has 1 aliphatic rings. The van der Waals surface area contributed by atoms with Crippen molar-refractivity contribution in [1.82, 2.24) is 4.98 Å². The number of amides is 1. The number of ether oxygens (including phenoxy) is 2. The molecule has 25 heavy (non-hydrogen) atoms. The molecular formula is C18H17ClN2O4. The standard InChI is InChI=1S/C18H17ClN2O4/c1-11(17(22)21-16-7-6-14(19)9-20-16)25-18(23)13-8-12-4-2-3-5-15(12)24-10-13/h2-7,9,11,13H,8,10H2,1H3,(H,20,21,22). The lowest BCUT2D eigenvalue weighted by molar-refractivity contribution is -0.158. The van der Waals surface area contributed by atoms with Gasteiger partial charge in [0.1, 0.15) is 18.2 Å². The normalized spacial score (nSPS) is 17.0. The molecular weight excluding hydrogens is 344 g/mol. The average molecular weight is 361 g/mol. The van der Waals surface area contributed by atoms with Crippen LogP contribution in [0.2, 0.25) is 5.02 Å². The topological polar surface area (TPSA) is 77.5 Å². The summed E-state index contributed by atoms with van der Waals surface area (Å²) in [4.78, 5) is 28.4. The number of anilines is 1. The highest BCUT2D eigenvalue weighted by atomic mass is 35.5. The maximum atomic E-state index is 12.3. The van der Waals surface area contributed by atoms with Gasteiger partial charge >= 0.3 is 5.97 Å². The van der Waals surface area contributed by atoms with Crippen molar-refractivity contribution in [3.05, 3.63) is 53.2 Å². The lowest BCUT2D eigenvalue weighted by Gasteiger charge is -2.25. The Labute approximate surface area is 150 Å². The number of rotatable bonds is 4. The highest BCUT2D eigenvalue weighted by Crippen LogP contribution is 2.27. The molecule has 0 fully saturated rings. The fraction of sp³-hybridized carbons (Fsp3) is 0.278. The molecule has 0 bridgehead atoms. The first kappa shape index (κ1) is 17.2. The lowest BCUT2D eigenvalue weighted by atomic mass is 9.97. The molecule has 3 rings (SSSR count). The molecule has 1 aromatic heterocycles. The molecule has 0 saturated heterocycles. The summed E-state index contributed by atoms with van der Waals surface area (Å²) in [5, 5.41) is 3.04. The zero-order chi connectivity index (χ0) is 17.8. The number of fused-ring (bicyclic) bond motifs is 1. The van der Waals surface area contributed by atoms with Crippen LogP contribution in [0.15, 0.2) is 42.6 Å². The van der Waals surface area contributed by atoms with Crippen molar-refractivity contribution < 1.29 is 19.1 Å². The summed E-state index contributed by atoms with van der Waals surface area (Å²) in [6.45, 7) is 1.75. The van der Waals surface area contributed by atoms with Crippen molar-refractivity contribution in [2.24, 2.45) is 5.92 Å². The van der Waals surface area contributed by atoms with Crippen LogP contribution in [0.3, 0.4) is 0 Å². The highest BCUT2D eigenvalue weighted by Gasteiger charge is 2.29. The Morgan fingerprint density at radius 1 is 1.32 bits per heavy atom. The lowest BCUT2D eigenvalue weighted by Crippen LogP contribution is -2.36. The van der Waals surface area contributed by atoms with Crippen LogP contribution >= 0.6 is 11.6 Å². The van der Waals surface area contributed by atoms with Crippen molar-refractivity contribution in [2.75, 3.05) is 11.9 Å². The Bertz CT molecular complexity index is 779. The molecule has 1 amide bonds. The van der Waals surface area contributed by atoms with Gasteiger partial charge in [0.25, 0.3) is 5.91 Å². The molecule has 7 heteroatoms. The zero-order valence-corrected chi connectivity index (χ0v) is 14.3. The van der Waals surface area contributed by atoms with E-state index in [1.54, 1.807) is 12.1 Å². The van der Waals surface area contributed by atoms with Crippen molar-refractivity contribution in [1.29, 1.82) is 0 Å². The van der Waals surface area contributed by atoms with Crippen LogP contribution in [-0.4, -0.2) is 29.6 Å². The number of para-hydroxylation sites is 1. The molecule has 0 saturated carbocycles. The number of esters is 1. The van der Waals surface area contributed by atoms with E-state index >= 15 is 0 Å². The molecule has 0 spiro atoms. The van der Waals surface area contributed by atoms with E-state index in [0.29, 0.717) is 17.3 Å². The van der Waals surface area contributed by atoms with Gasteiger partial charge in [-0.05, 0) is 37.1 Å². The van der Waals surface area contributed by atoms with Gasteiger partial charge in [-0.2, -0.15) is 0 Å². The van der Waals surface area contributed by atoms with Gasteiger partial charge in [-0.15, -0.1) is 0 Å². The first-order chi connectivity index (χ1) is 12.0. The molecule has 1 N–H and O–H groups in total. The minimum absolute atomic E-state index is 0.239. The number of halogens is 1. The summed E-state index contributed by atoms with van der Waals surface area (Å²) < 4.78 is 10.9. The van der Waals surface area contributed by atoms with Crippen molar-refractivity contribution in [3.8, 4) is 5.75 Å². The third-order valence-electron chi connectivity index (χ3n) is 3.85. The highest BCUT2D eigenvalue weighted by molar-refractivity contribution is 6.30. The van der Waals surface area contributed by atoms with Crippen LogP contribution in [0.25, 0.3) is 0 Å². The number of pyridine rings is 1. The minimum Gasteiger partial charge on any atom is -0.492 e. The van der Waals surface area contributed by atoms with E-state index < -0.39 is 23.9 Å². The summed E-state index contributed by atoms with van der Waals surface area (Å²) >= 11 is 5.75. The number of nitrogens with one attached hydrogen (secondary N) is 1. The van der Waals surface area contributed by atoms with Gasteiger partial charge in [-0.3, -0.25) is 9.59 Å². The number of carbonyl (C=O) groups is 2. The number of carbonyl (C=O) groups excluding carboxylic acids is 2. The Morgan fingerprint density at radius 3 is 2.88 bits per heavy atom. The predicted octanol–water partition coefficient (Wildman–Crippen LogP) is 2.86. The molecule has 1 aliphatic heterocycles. The number of hydrogen-bond donors (Lipinski definition) is 1. The zero-order valence-electron chi connectivity index (χ0n) is 13.6. The Hall–Kier alpha value is -2.60. The first-order valence-electron chi connectivity index (χ1n) is 7.86.